The molecular weight excluding hydrogens is 274 g/mol. The van der Waals surface area contributed by atoms with Crippen LogP contribution in [0.4, 0.5) is 11.4 Å². The van der Waals surface area contributed by atoms with E-state index in [4.69, 9.17) is 27.5 Å². The maximum atomic E-state index is 7.43. The standard InChI is InChI=1S/C15H16ClN3O/c1-19(10-3-6-12(20-2)7-4-10)11-5-8-13(15(17)18)14(16)9-11/h3-9H,1-2H3,(H3,17,18). The molecule has 2 aromatic carbocycles. The Morgan fingerprint density at radius 3 is 2.25 bits per heavy atom. The van der Waals surface area contributed by atoms with E-state index in [1.807, 2.05) is 42.3 Å². The molecule has 104 valence electrons. The van der Waals surface area contributed by atoms with E-state index in [1.165, 1.54) is 0 Å². The number of nitrogen functional groups attached to an aromatic ring is 1. The van der Waals surface area contributed by atoms with Gasteiger partial charge in [0.15, 0.2) is 0 Å². The molecule has 20 heavy (non-hydrogen) atoms. The second kappa shape index (κ2) is 5.84. The number of halogens is 1. The summed E-state index contributed by atoms with van der Waals surface area (Å²) in [5.41, 5.74) is 7.93. The number of rotatable bonds is 4. The van der Waals surface area contributed by atoms with Crippen LogP contribution in [0.25, 0.3) is 0 Å². The average Bonchev–Trinajstić information content (AvgIpc) is 2.46. The van der Waals surface area contributed by atoms with E-state index >= 15 is 0 Å². The predicted octanol–water partition coefficient (Wildman–Crippen LogP) is 3.40. The summed E-state index contributed by atoms with van der Waals surface area (Å²) in [6.45, 7) is 0. The van der Waals surface area contributed by atoms with Crippen molar-refractivity contribution in [2.45, 2.75) is 0 Å². The van der Waals surface area contributed by atoms with Crippen LogP contribution in [-0.4, -0.2) is 20.0 Å². The molecule has 0 saturated heterocycles. The predicted molar refractivity (Wildman–Crippen MR) is 83.5 cm³/mol. The molecule has 0 aromatic heterocycles. The molecule has 0 atom stereocenters. The highest BCUT2D eigenvalue weighted by Crippen LogP contribution is 2.29. The lowest BCUT2D eigenvalue weighted by Gasteiger charge is -2.20. The number of nitrogens with one attached hydrogen (secondary N) is 1. The number of nitrogens with two attached hydrogens (primary N) is 1. The second-order valence-corrected chi connectivity index (χ2v) is 4.74. The molecule has 0 radical (unpaired) electrons. The van der Waals surface area contributed by atoms with Gasteiger partial charge >= 0.3 is 0 Å². The molecular formula is C15H16ClN3O. The minimum Gasteiger partial charge on any atom is -0.497 e. The van der Waals surface area contributed by atoms with Crippen LogP contribution in [0.15, 0.2) is 42.5 Å². The van der Waals surface area contributed by atoms with Crippen LogP contribution in [0.2, 0.25) is 5.02 Å². The van der Waals surface area contributed by atoms with Gasteiger partial charge in [0.05, 0.1) is 12.1 Å². The van der Waals surface area contributed by atoms with Crippen molar-refractivity contribution < 1.29 is 4.74 Å². The quantitative estimate of drug-likeness (QED) is 0.670. The molecule has 5 heteroatoms. The van der Waals surface area contributed by atoms with Crippen LogP contribution in [0.5, 0.6) is 5.75 Å². The van der Waals surface area contributed by atoms with Gasteiger partial charge in [-0.05, 0) is 42.5 Å². The zero-order chi connectivity index (χ0) is 14.7. The van der Waals surface area contributed by atoms with E-state index < -0.39 is 0 Å². The zero-order valence-corrected chi connectivity index (χ0v) is 12.1. The van der Waals surface area contributed by atoms with Gasteiger partial charge in [0.1, 0.15) is 11.6 Å². The fourth-order valence-corrected chi connectivity index (χ4v) is 2.16. The molecule has 0 spiro atoms. The minimum absolute atomic E-state index is 0.0337. The lowest BCUT2D eigenvalue weighted by Crippen LogP contribution is -2.13. The van der Waals surface area contributed by atoms with Gasteiger partial charge in [0.25, 0.3) is 0 Å². The summed E-state index contributed by atoms with van der Waals surface area (Å²) in [4.78, 5) is 2.00. The molecule has 0 unspecified atom stereocenters. The van der Waals surface area contributed by atoms with Gasteiger partial charge in [0.2, 0.25) is 0 Å². The summed E-state index contributed by atoms with van der Waals surface area (Å²) in [6.07, 6.45) is 0. The van der Waals surface area contributed by atoms with Crippen molar-refractivity contribution in [3.05, 3.63) is 53.1 Å². The van der Waals surface area contributed by atoms with Crippen LogP contribution in [0, 0.1) is 5.41 Å². The molecule has 0 aliphatic rings. The highest BCUT2D eigenvalue weighted by atomic mass is 35.5. The van der Waals surface area contributed by atoms with E-state index in [0.717, 1.165) is 17.1 Å². The van der Waals surface area contributed by atoms with Gasteiger partial charge in [-0.2, -0.15) is 0 Å². The Morgan fingerprint density at radius 1 is 1.15 bits per heavy atom. The van der Waals surface area contributed by atoms with Crippen molar-refractivity contribution in [3.8, 4) is 5.75 Å². The molecule has 0 saturated carbocycles. The fraction of sp³-hybridized carbons (Fsp3) is 0.133. The van der Waals surface area contributed by atoms with Crippen molar-refractivity contribution in [1.82, 2.24) is 0 Å². The zero-order valence-electron chi connectivity index (χ0n) is 11.4. The lowest BCUT2D eigenvalue weighted by molar-refractivity contribution is 0.415. The molecule has 4 nitrogen and oxygen atoms in total. The average molecular weight is 290 g/mol. The fourth-order valence-electron chi connectivity index (χ4n) is 1.89. The Morgan fingerprint density at radius 2 is 1.75 bits per heavy atom. The molecule has 0 fully saturated rings. The minimum atomic E-state index is -0.0337. The third-order valence-corrected chi connectivity index (χ3v) is 3.40. The maximum absolute atomic E-state index is 7.43. The summed E-state index contributed by atoms with van der Waals surface area (Å²) in [7, 11) is 3.58. The number of hydrogen-bond donors (Lipinski definition) is 2. The molecule has 0 aliphatic heterocycles. The number of benzene rings is 2. The lowest BCUT2D eigenvalue weighted by atomic mass is 10.1. The monoisotopic (exact) mass is 289 g/mol. The molecule has 0 amide bonds. The number of amidine groups is 1. The van der Waals surface area contributed by atoms with E-state index in [0.29, 0.717) is 10.6 Å². The molecule has 0 heterocycles. The van der Waals surface area contributed by atoms with Crippen molar-refractivity contribution in [2.75, 3.05) is 19.1 Å². The first-order chi connectivity index (χ1) is 9.52. The maximum Gasteiger partial charge on any atom is 0.124 e. The van der Waals surface area contributed by atoms with Gasteiger partial charge in [-0.3, -0.25) is 5.41 Å². The van der Waals surface area contributed by atoms with Gasteiger partial charge < -0.3 is 15.4 Å². The number of hydrogen-bond acceptors (Lipinski definition) is 3. The number of nitrogens with zero attached hydrogens (tertiary/aromatic N) is 1. The molecule has 0 bridgehead atoms. The molecule has 2 aromatic rings. The van der Waals surface area contributed by atoms with E-state index in [9.17, 15) is 0 Å². The summed E-state index contributed by atoms with van der Waals surface area (Å²) in [5, 5.41) is 7.90. The Bertz CT molecular complexity index is 626. The van der Waals surface area contributed by atoms with Crippen molar-refractivity contribution in [1.29, 1.82) is 5.41 Å². The normalized spacial score (nSPS) is 10.2. The number of methoxy groups -OCH3 is 1. The summed E-state index contributed by atoms with van der Waals surface area (Å²) >= 11 is 6.14. The van der Waals surface area contributed by atoms with Gasteiger partial charge in [0, 0.05) is 24.0 Å². The summed E-state index contributed by atoms with van der Waals surface area (Å²) in [5.74, 6) is 0.778. The Hall–Kier alpha value is -2.20. The van der Waals surface area contributed by atoms with Crippen LogP contribution in [-0.2, 0) is 0 Å². The van der Waals surface area contributed by atoms with Gasteiger partial charge in [-0.1, -0.05) is 11.6 Å². The SMILES string of the molecule is COc1ccc(N(C)c2ccc(C(=N)N)c(Cl)c2)cc1. The van der Waals surface area contributed by atoms with Gasteiger partial charge in [-0.25, -0.2) is 0 Å². The topological polar surface area (TPSA) is 62.3 Å². The first kappa shape index (κ1) is 14.2. The van der Waals surface area contributed by atoms with Crippen LogP contribution in [0.3, 0.4) is 0 Å². The van der Waals surface area contributed by atoms with Crippen molar-refractivity contribution >= 4 is 28.8 Å². The highest BCUT2D eigenvalue weighted by molar-refractivity contribution is 6.34. The Kier molecular flexibility index (Phi) is 4.15. The third kappa shape index (κ3) is 2.86. The van der Waals surface area contributed by atoms with Gasteiger partial charge in [-0.15, -0.1) is 0 Å². The summed E-state index contributed by atoms with van der Waals surface area (Å²) < 4.78 is 5.14. The molecule has 0 aliphatic carbocycles. The van der Waals surface area contributed by atoms with Crippen molar-refractivity contribution in [2.24, 2.45) is 5.73 Å². The molecule has 2 rings (SSSR count). The first-order valence-electron chi connectivity index (χ1n) is 6.04. The largest absolute Gasteiger partial charge is 0.497 e. The summed E-state index contributed by atoms with van der Waals surface area (Å²) in [6, 6.07) is 13.2. The van der Waals surface area contributed by atoms with E-state index in [1.54, 1.807) is 19.2 Å². The second-order valence-electron chi connectivity index (χ2n) is 4.33. The smallest absolute Gasteiger partial charge is 0.124 e. The number of anilines is 2. The van der Waals surface area contributed by atoms with Crippen LogP contribution in [0.1, 0.15) is 5.56 Å². The Labute approximate surface area is 123 Å². The third-order valence-electron chi connectivity index (χ3n) is 3.09. The molecule has 3 N–H and O–H groups in total. The highest BCUT2D eigenvalue weighted by Gasteiger charge is 2.09. The van der Waals surface area contributed by atoms with Crippen molar-refractivity contribution in [3.63, 3.8) is 0 Å². The van der Waals surface area contributed by atoms with E-state index in [2.05, 4.69) is 0 Å². The first-order valence-corrected chi connectivity index (χ1v) is 6.42. The number of ether oxygens (including phenoxy) is 1. The van der Waals surface area contributed by atoms with Crippen LogP contribution >= 0.6 is 11.6 Å². The van der Waals surface area contributed by atoms with E-state index in [-0.39, 0.29) is 5.84 Å². The van der Waals surface area contributed by atoms with Crippen LogP contribution < -0.4 is 15.4 Å². The Balaban J connectivity index is 2.30.